The Hall–Kier alpha value is -1.77. The topological polar surface area (TPSA) is 88.3 Å². The maximum atomic E-state index is 11.6. The molecular weight excluding hydrogens is 364 g/mol. The van der Waals surface area contributed by atoms with Gasteiger partial charge in [-0.2, -0.15) is 4.98 Å². The molecule has 2 fully saturated rings. The lowest BCUT2D eigenvalue weighted by Crippen LogP contribution is -2.37. The van der Waals surface area contributed by atoms with E-state index in [2.05, 4.69) is 14.8 Å². The van der Waals surface area contributed by atoms with Gasteiger partial charge in [0, 0.05) is 31.7 Å². The number of rotatable bonds is 7. The van der Waals surface area contributed by atoms with E-state index in [0.29, 0.717) is 24.8 Å². The van der Waals surface area contributed by atoms with Crippen molar-refractivity contribution in [3.05, 3.63) is 36.2 Å². The van der Waals surface area contributed by atoms with Crippen LogP contribution >= 0.6 is 0 Å². The lowest BCUT2D eigenvalue weighted by molar-refractivity contribution is 0.248. The van der Waals surface area contributed by atoms with Crippen molar-refractivity contribution >= 4 is 10.0 Å². The second-order valence-electron chi connectivity index (χ2n) is 7.57. The molecule has 8 heteroatoms. The minimum absolute atomic E-state index is 0.0936. The summed E-state index contributed by atoms with van der Waals surface area (Å²) in [5, 5.41) is 4.22. The summed E-state index contributed by atoms with van der Waals surface area (Å²) in [6.07, 6.45) is 3.37. The third-order valence-corrected chi connectivity index (χ3v) is 7.36. The molecule has 2 aliphatic rings. The molecule has 2 atom stereocenters. The van der Waals surface area contributed by atoms with Crippen LogP contribution in [0.3, 0.4) is 0 Å². The second kappa shape index (κ2) is 7.33. The van der Waals surface area contributed by atoms with Gasteiger partial charge in [-0.3, -0.25) is 0 Å². The highest BCUT2D eigenvalue weighted by molar-refractivity contribution is 7.89. The third kappa shape index (κ3) is 3.66. The summed E-state index contributed by atoms with van der Waals surface area (Å²) < 4.78 is 31.6. The summed E-state index contributed by atoms with van der Waals surface area (Å²) >= 11 is 0. The number of fused-ring (bicyclic) bond motifs is 1. The summed E-state index contributed by atoms with van der Waals surface area (Å²) in [7, 11) is -3.14. The Balaban J connectivity index is 1.48. The molecular formula is C19H26N4O3S. The van der Waals surface area contributed by atoms with E-state index in [-0.39, 0.29) is 11.2 Å². The fraction of sp³-hybridized carbons (Fsp3) is 0.579. The highest BCUT2D eigenvalue weighted by atomic mass is 32.2. The average Bonchev–Trinajstić information content (AvgIpc) is 3.36. The van der Waals surface area contributed by atoms with Gasteiger partial charge in [0.15, 0.2) is 0 Å². The van der Waals surface area contributed by atoms with Crippen LogP contribution in [-0.2, 0) is 15.4 Å². The van der Waals surface area contributed by atoms with Gasteiger partial charge in [-0.25, -0.2) is 13.1 Å². The minimum Gasteiger partial charge on any atom is -0.338 e. The van der Waals surface area contributed by atoms with Crippen LogP contribution in [-0.4, -0.2) is 55.4 Å². The molecule has 0 amide bonds. The predicted octanol–water partition coefficient (Wildman–Crippen LogP) is 2.03. The Morgan fingerprint density at radius 3 is 2.93 bits per heavy atom. The minimum atomic E-state index is -3.14. The molecule has 2 aromatic rings. The molecule has 0 radical (unpaired) electrons. The van der Waals surface area contributed by atoms with Gasteiger partial charge in [-0.15, -0.1) is 0 Å². The smallest absolute Gasteiger partial charge is 0.234 e. The van der Waals surface area contributed by atoms with Gasteiger partial charge in [0.2, 0.25) is 21.7 Å². The van der Waals surface area contributed by atoms with Crippen LogP contribution in [0.15, 0.2) is 34.9 Å². The molecule has 1 aromatic heterocycles. The fourth-order valence-electron chi connectivity index (χ4n) is 4.50. The zero-order chi connectivity index (χ0) is 18.9. The molecule has 1 aromatic carbocycles. The van der Waals surface area contributed by atoms with Crippen molar-refractivity contribution in [2.45, 2.75) is 31.6 Å². The number of hydrogen-bond donors (Lipinski definition) is 1. The molecule has 27 heavy (non-hydrogen) atoms. The van der Waals surface area contributed by atoms with Crippen molar-refractivity contribution in [1.82, 2.24) is 19.8 Å². The van der Waals surface area contributed by atoms with Crippen LogP contribution < -0.4 is 4.72 Å². The molecule has 1 aliphatic heterocycles. The molecule has 1 saturated carbocycles. The van der Waals surface area contributed by atoms with Crippen LogP contribution in [0.25, 0.3) is 11.4 Å². The zero-order valence-corrected chi connectivity index (χ0v) is 16.4. The molecule has 2 heterocycles. The molecule has 0 spiro atoms. The van der Waals surface area contributed by atoms with E-state index in [1.54, 1.807) is 6.92 Å². The summed E-state index contributed by atoms with van der Waals surface area (Å²) in [4.78, 5) is 7.07. The monoisotopic (exact) mass is 390 g/mol. The van der Waals surface area contributed by atoms with Crippen molar-refractivity contribution < 1.29 is 12.9 Å². The number of hydrogen-bond acceptors (Lipinski definition) is 6. The number of aromatic nitrogens is 2. The standard InChI is InChI=1S/C19H26N4O3S/c1-2-27(24,25)20-11-12-23-13-16-9-6-10-19(16,14-23)18-21-17(22-26-18)15-7-4-3-5-8-15/h3-5,7-8,16,20H,2,6,9-14H2,1H3/t16-,19-/m1/s1. The lowest BCUT2D eigenvalue weighted by Gasteiger charge is -2.24. The highest BCUT2D eigenvalue weighted by Gasteiger charge is 2.53. The quantitative estimate of drug-likeness (QED) is 0.778. The number of nitrogens with zero attached hydrogens (tertiary/aromatic N) is 3. The van der Waals surface area contributed by atoms with Crippen molar-refractivity contribution in [2.24, 2.45) is 5.92 Å². The molecule has 7 nitrogen and oxygen atoms in total. The molecule has 0 bridgehead atoms. The summed E-state index contributed by atoms with van der Waals surface area (Å²) in [6, 6.07) is 9.88. The van der Waals surface area contributed by atoms with E-state index in [9.17, 15) is 8.42 Å². The first kappa shape index (κ1) is 18.6. The maximum Gasteiger partial charge on any atom is 0.234 e. The zero-order valence-electron chi connectivity index (χ0n) is 15.6. The lowest BCUT2D eigenvalue weighted by atomic mass is 9.80. The van der Waals surface area contributed by atoms with Gasteiger partial charge in [0.1, 0.15) is 0 Å². The largest absolute Gasteiger partial charge is 0.338 e. The van der Waals surface area contributed by atoms with Crippen molar-refractivity contribution in [2.75, 3.05) is 31.9 Å². The van der Waals surface area contributed by atoms with Crippen LogP contribution in [0.2, 0.25) is 0 Å². The normalized spacial score (nSPS) is 25.7. The van der Waals surface area contributed by atoms with E-state index < -0.39 is 10.0 Å². The molecule has 1 saturated heterocycles. The summed E-state index contributed by atoms with van der Waals surface area (Å²) in [5.74, 6) is 1.98. The molecule has 146 valence electrons. The number of likely N-dealkylation sites (tertiary alicyclic amines) is 1. The van der Waals surface area contributed by atoms with E-state index in [1.807, 2.05) is 30.3 Å². The number of nitrogens with one attached hydrogen (secondary N) is 1. The average molecular weight is 391 g/mol. The predicted molar refractivity (Wildman–Crippen MR) is 103 cm³/mol. The van der Waals surface area contributed by atoms with Gasteiger partial charge in [0.05, 0.1) is 11.2 Å². The van der Waals surface area contributed by atoms with Gasteiger partial charge in [-0.1, -0.05) is 41.9 Å². The van der Waals surface area contributed by atoms with Crippen LogP contribution in [0, 0.1) is 5.92 Å². The van der Waals surface area contributed by atoms with Crippen molar-refractivity contribution in [3.8, 4) is 11.4 Å². The Kier molecular flexibility index (Phi) is 5.05. The van der Waals surface area contributed by atoms with Gasteiger partial charge in [0.25, 0.3) is 0 Å². The summed E-state index contributed by atoms with van der Waals surface area (Å²) in [6.45, 7) is 4.60. The van der Waals surface area contributed by atoms with Crippen molar-refractivity contribution in [1.29, 1.82) is 0 Å². The molecule has 4 rings (SSSR count). The number of benzene rings is 1. The maximum absolute atomic E-state index is 11.6. The SMILES string of the molecule is CCS(=O)(=O)NCCN1C[C@H]2CCC[C@@]2(c2nc(-c3ccccc3)no2)C1. The Morgan fingerprint density at radius 2 is 2.15 bits per heavy atom. The van der Waals surface area contributed by atoms with E-state index in [0.717, 1.165) is 37.4 Å². The molecule has 0 unspecified atom stereocenters. The third-order valence-electron chi connectivity index (χ3n) is 5.96. The first-order valence-corrected chi connectivity index (χ1v) is 11.3. The Labute approximate surface area is 160 Å². The van der Waals surface area contributed by atoms with Crippen LogP contribution in [0.4, 0.5) is 0 Å². The summed E-state index contributed by atoms with van der Waals surface area (Å²) in [5.41, 5.74) is 0.867. The van der Waals surface area contributed by atoms with Crippen molar-refractivity contribution in [3.63, 3.8) is 0 Å². The van der Waals surface area contributed by atoms with E-state index >= 15 is 0 Å². The first-order valence-electron chi connectivity index (χ1n) is 9.62. The Morgan fingerprint density at radius 1 is 1.33 bits per heavy atom. The van der Waals surface area contributed by atoms with Gasteiger partial charge < -0.3 is 9.42 Å². The Bertz CT molecular complexity index is 883. The highest BCUT2D eigenvalue weighted by Crippen LogP contribution is 2.50. The fourth-order valence-corrected chi connectivity index (χ4v) is 5.11. The number of sulfonamides is 1. The van der Waals surface area contributed by atoms with Crippen LogP contribution in [0.5, 0.6) is 0 Å². The van der Waals surface area contributed by atoms with Crippen LogP contribution in [0.1, 0.15) is 32.1 Å². The molecule has 1 N–H and O–H groups in total. The second-order valence-corrected chi connectivity index (χ2v) is 9.66. The molecule has 1 aliphatic carbocycles. The first-order chi connectivity index (χ1) is 13.0. The van der Waals surface area contributed by atoms with E-state index in [1.165, 1.54) is 6.42 Å². The van der Waals surface area contributed by atoms with E-state index in [4.69, 9.17) is 9.51 Å². The van der Waals surface area contributed by atoms with Gasteiger partial charge >= 0.3 is 0 Å². The van der Waals surface area contributed by atoms with Gasteiger partial charge in [-0.05, 0) is 25.7 Å².